The molecule has 1 aromatic heterocycles. The summed E-state index contributed by atoms with van der Waals surface area (Å²) in [4.78, 5) is 10.4. The molecule has 0 saturated heterocycles. The van der Waals surface area contributed by atoms with E-state index in [1.807, 2.05) is 37.4 Å². The molecule has 0 unspecified atom stereocenters. The normalized spacial score (nSPS) is 10.1. The summed E-state index contributed by atoms with van der Waals surface area (Å²) in [6, 6.07) is 9.93. The zero-order valence-corrected chi connectivity index (χ0v) is 11.7. The molecule has 18 heavy (non-hydrogen) atoms. The fraction of sp³-hybridized carbons (Fsp3) is 0.154. The van der Waals surface area contributed by atoms with Gasteiger partial charge in [-0.2, -0.15) is 5.26 Å². The lowest BCUT2D eigenvalue weighted by Gasteiger charge is -2.06. The number of rotatable bonds is 3. The average molecular weight is 273 g/mol. The highest BCUT2D eigenvalue weighted by atomic mass is 32.2. The van der Waals surface area contributed by atoms with Gasteiger partial charge in [0.2, 0.25) is 0 Å². The maximum Gasteiger partial charge on any atom is 0.192 e. The molecule has 0 aliphatic carbocycles. The van der Waals surface area contributed by atoms with Gasteiger partial charge in [0.25, 0.3) is 0 Å². The molecule has 2 rings (SSSR count). The van der Waals surface area contributed by atoms with Crippen molar-refractivity contribution >= 4 is 23.5 Å². The van der Waals surface area contributed by atoms with Crippen LogP contribution in [0, 0.1) is 18.3 Å². The third-order valence-electron chi connectivity index (χ3n) is 2.29. The SMILES string of the molecule is CSc1cccc(Sc2nccc(C)n2)c1C#N. The number of hydrogen-bond donors (Lipinski definition) is 0. The van der Waals surface area contributed by atoms with Crippen LogP contribution in [-0.2, 0) is 0 Å². The largest absolute Gasteiger partial charge is 0.231 e. The second kappa shape index (κ2) is 5.89. The van der Waals surface area contributed by atoms with Crippen LogP contribution in [0.3, 0.4) is 0 Å². The number of nitrogens with zero attached hydrogens (tertiary/aromatic N) is 3. The van der Waals surface area contributed by atoms with Gasteiger partial charge in [0.05, 0.1) is 5.56 Å². The highest BCUT2D eigenvalue weighted by molar-refractivity contribution is 7.99. The maximum atomic E-state index is 9.25. The fourth-order valence-corrected chi connectivity index (χ4v) is 2.99. The molecule has 0 atom stereocenters. The number of hydrogen-bond acceptors (Lipinski definition) is 5. The predicted molar refractivity (Wildman–Crippen MR) is 73.8 cm³/mol. The molecule has 0 aliphatic heterocycles. The molecule has 0 amide bonds. The molecule has 1 heterocycles. The lowest BCUT2D eigenvalue weighted by Crippen LogP contribution is -1.90. The molecule has 3 nitrogen and oxygen atoms in total. The van der Waals surface area contributed by atoms with E-state index in [9.17, 15) is 5.26 Å². The monoisotopic (exact) mass is 273 g/mol. The van der Waals surface area contributed by atoms with Crippen LogP contribution in [0.15, 0.2) is 45.4 Å². The van der Waals surface area contributed by atoms with Gasteiger partial charge in [-0.3, -0.25) is 0 Å². The van der Waals surface area contributed by atoms with Gasteiger partial charge < -0.3 is 0 Å². The summed E-state index contributed by atoms with van der Waals surface area (Å²) in [5.41, 5.74) is 1.62. The van der Waals surface area contributed by atoms with Crippen molar-refractivity contribution in [1.29, 1.82) is 5.26 Å². The minimum atomic E-state index is 0.671. The molecule has 90 valence electrons. The molecule has 0 saturated carbocycles. The van der Waals surface area contributed by atoms with Gasteiger partial charge in [0, 0.05) is 21.7 Å². The molecular formula is C13H11N3S2. The van der Waals surface area contributed by atoms with Gasteiger partial charge in [-0.25, -0.2) is 9.97 Å². The zero-order chi connectivity index (χ0) is 13.0. The molecule has 0 aliphatic rings. The smallest absolute Gasteiger partial charge is 0.192 e. The first-order valence-electron chi connectivity index (χ1n) is 5.29. The van der Waals surface area contributed by atoms with Crippen LogP contribution in [0.25, 0.3) is 0 Å². The van der Waals surface area contributed by atoms with Crippen LogP contribution in [0.1, 0.15) is 11.3 Å². The summed E-state index contributed by atoms with van der Waals surface area (Å²) in [5, 5.41) is 9.92. The topological polar surface area (TPSA) is 49.6 Å². The van der Waals surface area contributed by atoms with Crippen molar-refractivity contribution < 1.29 is 0 Å². The van der Waals surface area contributed by atoms with Gasteiger partial charge in [-0.1, -0.05) is 6.07 Å². The van der Waals surface area contributed by atoms with Gasteiger partial charge in [-0.05, 0) is 43.1 Å². The lowest BCUT2D eigenvalue weighted by atomic mass is 10.2. The molecule has 0 fully saturated rings. The van der Waals surface area contributed by atoms with Crippen molar-refractivity contribution in [3.8, 4) is 6.07 Å². The van der Waals surface area contributed by atoms with Crippen LogP contribution < -0.4 is 0 Å². The van der Waals surface area contributed by atoms with E-state index in [0.29, 0.717) is 10.7 Å². The Labute approximate surface area is 115 Å². The number of thioether (sulfide) groups is 1. The summed E-state index contributed by atoms with van der Waals surface area (Å²) in [7, 11) is 0. The summed E-state index contributed by atoms with van der Waals surface area (Å²) < 4.78 is 0. The van der Waals surface area contributed by atoms with Crippen LogP contribution >= 0.6 is 23.5 Å². The van der Waals surface area contributed by atoms with E-state index in [2.05, 4.69) is 16.0 Å². The van der Waals surface area contributed by atoms with Gasteiger partial charge >= 0.3 is 0 Å². The van der Waals surface area contributed by atoms with Crippen molar-refractivity contribution in [2.24, 2.45) is 0 Å². The minimum Gasteiger partial charge on any atom is -0.231 e. The molecule has 0 radical (unpaired) electrons. The third kappa shape index (κ3) is 2.84. The highest BCUT2D eigenvalue weighted by Gasteiger charge is 2.10. The van der Waals surface area contributed by atoms with Crippen LogP contribution in [0.2, 0.25) is 0 Å². The first-order chi connectivity index (χ1) is 8.74. The van der Waals surface area contributed by atoms with Crippen molar-refractivity contribution in [3.63, 3.8) is 0 Å². The second-order valence-corrected chi connectivity index (χ2v) is 5.39. The highest BCUT2D eigenvalue weighted by Crippen LogP contribution is 2.32. The molecular weight excluding hydrogens is 262 g/mol. The maximum absolute atomic E-state index is 9.25. The Morgan fingerprint density at radius 3 is 2.67 bits per heavy atom. The Morgan fingerprint density at radius 1 is 1.22 bits per heavy atom. The van der Waals surface area contributed by atoms with Crippen molar-refractivity contribution in [2.45, 2.75) is 21.9 Å². The molecule has 2 aromatic rings. The summed E-state index contributed by atoms with van der Waals surface area (Å²) >= 11 is 3.00. The Balaban J connectivity index is 2.38. The van der Waals surface area contributed by atoms with E-state index in [0.717, 1.165) is 15.5 Å². The number of benzene rings is 1. The Bertz CT molecular complexity index is 605. The summed E-state index contributed by atoms with van der Waals surface area (Å²) in [5.74, 6) is 0. The van der Waals surface area contributed by atoms with Crippen molar-refractivity contribution in [1.82, 2.24) is 9.97 Å². The van der Waals surface area contributed by atoms with Crippen molar-refractivity contribution in [2.75, 3.05) is 6.26 Å². The number of nitriles is 1. The van der Waals surface area contributed by atoms with Crippen LogP contribution in [-0.4, -0.2) is 16.2 Å². The van der Waals surface area contributed by atoms with Crippen LogP contribution in [0.4, 0.5) is 0 Å². The van der Waals surface area contributed by atoms with Crippen molar-refractivity contribution in [3.05, 3.63) is 41.7 Å². The van der Waals surface area contributed by atoms with E-state index in [4.69, 9.17) is 0 Å². The minimum absolute atomic E-state index is 0.671. The predicted octanol–water partition coefficient (Wildman–Crippen LogP) is 3.53. The molecule has 5 heteroatoms. The van der Waals surface area contributed by atoms with E-state index in [-0.39, 0.29) is 0 Å². The quantitative estimate of drug-likeness (QED) is 0.632. The molecule has 0 spiro atoms. The Morgan fingerprint density at radius 2 is 2.00 bits per heavy atom. The first-order valence-corrected chi connectivity index (χ1v) is 7.33. The molecule has 0 N–H and O–H groups in total. The Kier molecular flexibility index (Phi) is 4.24. The van der Waals surface area contributed by atoms with Gasteiger partial charge in [0.15, 0.2) is 5.16 Å². The van der Waals surface area contributed by atoms with E-state index < -0.39 is 0 Å². The van der Waals surface area contributed by atoms with E-state index >= 15 is 0 Å². The van der Waals surface area contributed by atoms with Gasteiger partial charge in [0.1, 0.15) is 6.07 Å². The van der Waals surface area contributed by atoms with Crippen LogP contribution in [0.5, 0.6) is 0 Å². The number of aromatic nitrogens is 2. The number of aryl methyl sites for hydroxylation is 1. The second-order valence-electron chi connectivity index (χ2n) is 3.53. The zero-order valence-electron chi connectivity index (χ0n) is 10.0. The van der Waals surface area contributed by atoms with E-state index in [1.165, 1.54) is 11.8 Å². The third-order valence-corrected chi connectivity index (χ3v) is 4.01. The molecule has 0 bridgehead atoms. The summed E-state index contributed by atoms with van der Waals surface area (Å²) in [6.07, 6.45) is 3.70. The summed E-state index contributed by atoms with van der Waals surface area (Å²) in [6.45, 7) is 1.93. The fourth-order valence-electron chi connectivity index (χ4n) is 1.45. The van der Waals surface area contributed by atoms with E-state index in [1.54, 1.807) is 18.0 Å². The van der Waals surface area contributed by atoms with Gasteiger partial charge in [-0.15, -0.1) is 11.8 Å². The standard InChI is InChI=1S/C13H11N3S2/c1-9-6-7-15-13(16-9)18-12-5-3-4-11(17-2)10(12)8-14/h3-7H,1-2H3. The average Bonchev–Trinajstić information content (AvgIpc) is 2.38. The molecule has 1 aromatic carbocycles. The lowest BCUT2D eigenvalue weighted by molar-refractivity contribution is 0.931. The Hall–Kier alpha value is -1.51. The first kappa shape index (κ1) is 12.9.